The Balaban J connectivity index is 0.000000612. The van der Waals surface area contributed by atoms with Gasteiger partial charge in [0.1, 0.15) is 0 Å². The fraction of sp³-hybridized carbons (Fsp3) is 0.357. The standard InChI is InChI=1S/C13H16BrN3.CH2O2/c1-4-11-13(15-8(2)3)10-7-9(14)5-6-12(10)17-16-11;2-1-3/h5-8H,4H2,1-3H3,(H,15,17);1H,(H,2,3). The molecule has 0 saturated heterocycles. The third-order valence-electron chi connectivity index (χ3n) is 2.56. The van der Waals surface area contributed by atoms with Crippen LogP contribution in [0.25, 0.3) is 10.9 Å². The Labute approximate surface area is 126 Å². The van der Waals surface area contributed by atoms with Gasteiger partial charge < -0.3 is 10.4 Å². The minimum Gasteiger partial charge on any atom is -0.483 e. The molecule has 0 amide bonds. The van der Waals surface area contributed by atoms with Gasteiger partial charge in [0.2, 0.25) is 0 Å². The van der Waals surface area contributed by atoms with Crippen LogP contribution in [0.2, 0.25) is 0 Å². The molecule has 2 N–H and O–H groups in total. The number of hydrogen-bond donors (Lipinski definition) is 2. The molecule has 0 atom stereocenters. The third-order valence-corrected chi connectivity index (χ3v) is 3.06. The van der Waals surface area contributed by atoms with Gasteiger partial charge in [0.05, 0.1) is 16.9 Å². The van der Waals surface area contributed by atoms with E-state index < -0.39 is 0 Å². The van der Waals surface area contributed by atoms with Crippen molar-refractivity contribution < 1.29 is 9.90 Å². The number of aromatic nitrogens is 2. The van der Waals surface area contributed by atoms with Crippen LogP contribution in [0.3, 0.4) is 0 Å². The summed E-state index contributed by atoms with van der Waals surface area (Å²) in [7, 11) is 0. The number of anilines is 1. The topological polar surface area (TPSA) is 75.1 Å². The monoisotopic (exact) mass is 339 g/mol. The third kappa shape index (κ3) is 4.16. The van der Waals surface area contributed by atoms with E-state index in [0.717, 1.165) is 33.2 Å². The molecule has 0 aliphatic heterocycles. The first-order valence-corrected chi connectivity index (χ1v) is 7.12. The van der Waals surface area contributed by atoms with Crippen LogP contribution >= 0.6 is 15.9 Å². The van der Waals surface area contributed by atoms with Crippen LogP contribution in [0.5, 0.6) is 0 Å². The molecular weight excluding hydrogens is 322 g/mol. The summed E-state index contributed by atoms with van der Waals surface area (Å²) < 4.78 is 1.06. The van der Waals surface area contributed by atoms with Crippen molar-refractivity contribution >= 4 is 39.0 Å². The average Bonchev–Trinajstić information content (AvgIpc) is 2.40. The molecule has 0 fully saturated rings. The maximum absolute atomic E-state index is 8.36. The van der Waals surface area contributed by atoms with E-state index in [9.17, 15) is 0 Å². The second-order valence-corrected chi connectivity index (χ2v) is 5.36. The molecule has 0 unspecified atom stereocenters. The van der Waals surface area contributed by atoms with Crippen molar-refractivity contribution in [2.75, 3.05) is 5.32 Å². The number of nitrogens with one attached hydrogen (secondary N) is 1. The van der Waals surface area contributed by atoms with E-state index in [2.05, 4.69) is 58.3 Å². The van der Waals surface area contributed by atoms with Gasteiger partial charge >= 0.3 is 0 Å². The van der Waals surface area contributed by atoms with E-state index in [1.165, 1.54) is 0 Å². The molecule has 2 aromatic rings. The second kappa shape index (κ2) is 7.79. The van der Waals surface area contributed by atoms with Crippen LogP contribution in [0.1, 0.15) is 26.5 Å². The molecule has 0 aliphatic carbocycles. The molecule has 2 rings (SSSR count). The summed E-state index contributed by atoms with van der Waals surface area (Å²) in [4.78, 5) is 8.36. The Morgan fingerprint density at radius 2 is 2.05 bits per heavy atom. The Morgan fingerprint density at radius 1 is 1.40 bits per heavy atom. The van der Waals surface area contributed by atoms with Crippen LogP contribution in [-0.2, 0) is 11.2 Å². The quantitative estimate of drug-likeness (QED) is 0.837. The lowest BCUT2D eigenvalue weighted by Crippen LogP contribution is -2.13. The largest absolute Gasteiger partial charge is 0.483 e. The van der Waals surface area contributed by atoms with E-state index >= 15 is 0 Å². The Kier molecular flexibility index (Phi) is 6.38. The summed E-state index contributed by atoms with van der Waals surface area (Å²) in [6.45, 7) is 6.10. The molecule has 0 saturated carbocycles. The van der Waals surface area contributed by atoms with Crippen molar-refractivity contribution in [1.29, 1.82) is 0 Å². The highest BCUT2D eigenvalue weighted by atomic mass is 79.9. The number of aryl methyl sites for hydroxylation is 1. The molecule has 0 bridgehead atoms. The van der Waals surface area contributed by atoms with E-state index in [0.29, 0.717) is 6.04 Å². The number of halogens is 1. The fourth-order valence-electron chi connectivity index (χ4n) is 1.81. The molecule has 0 spiro atoms. The summed E-state index contributed by atoms with van der Waals surface area (Å²) in [6.07, 6.45) is 0.879. The molecule has 1 heterocycles. The lowest BCUT2D eigenvalue weighted by molar-refractivity contribution is -0.122. The Hall–Kier alpha value is -1.69. The molecule has 0 radical (unpaired) electrons. The number of carbonyl (C=O) groups is 1. The Morgan fingerprint density at radius 3 is 2.60 bits per heavy atom. The van der Waals surface area contributed by atoms with Gasteiger partial charge in [0.25, 0.3) is 6.47 Å². The van der Waals surface area contributed by atoms with E-state index in [1.807, 2.05) is 12.1 Å². The highest BCUT2D eigenvalue weighted by Crippen LogP contribution is 2.28. The van der Waals surface area contributed by atoms with Crippen LogP contribution < -0.4 is 5.32 Å². The number of fused-ring (bicyclic) bond motifs is 1. The maximum atomic E-state index is 8.36. The zero-order valence-electron chi connectivity index (χ0n) is 11.7. The van der Waals surface area contributed by atoms with Crippen molar-refractivity contribution in [2.24, 2.45) is 0 Å². The lowest BCUT2D eigenvalue weighted by atomic mass is 10.1. The SMILES string of the molecule is CCc1nnc2ccc(Br)cc2c1NC(C)C.O=CO. The van der Waals surface area contributed by atoms with E-state index in [-0.39, 0.29) is 6.47 Å². The minimum atomic E-state index is -0.250. The van der Waals surface area contributed by atoms with E-state index in [4.69, 9.17) is 9.90 Å². The number of rotatable bonds is 3. The highest BCUT2D eigenvalue weighted by Gasteiger charge is 2.10. The zero-order valence-corrected chi connectivity index (χ0v) is 13.3. The summed E-state index contributed by atoms with van der Waals surface area (Å²) >= 11 is 3.50. The Bertz CT molecular complexity index is 588. The summed E-state index contributed by atoms with van der Waals surface area (Å²) in [5, 5.41) is 20.0. The van der Waals surface area contributed by atoms with Gasteiger partial charge in [0, 0.05) is 15.9 Å². The van der Waals surface area contributed by atoms with Crippen LogP contribution in [0.15, 0.2) is 22.7 Å². The van der Waals surface area contributed by atoms with Gasteiger partial charge in [-0.1, -0.05) is 22.9 Å². The summed E-state index contributed by atoms with van der Waals surface area (Å²) in [5.41, 5.74) is 3.05. The molecule has 6 heteroatoms. The molecule has 1 aromatic heterocycles. The predicted molar refractivity (Wildman–Crippen MR) is 84.1 cm³/mol. The smallest absolute Gasteiger partial charge is 0.290 e. The minimum absolute atomic E-state index is 0.250. The van der Waals surface area contributed by atoms with E-state index in [1.54, 1.807) is 0 Å². The molecule has 108 valence electrons. The lowest BCUT2D eigenvalue weighted by Gasteiger charge is -2.15. The van der Waals surface area contributed by atoms with Gasteiger partial charge in [-0.3, -0.25) is 4.79 Å². The average molecular weight is 340 g/mol. The first-order valence-electron chi connectivity index (χ1n) is 6.32. The fourth-order valence-corrected chi connectivity index (χ4v) is 2.17. The summed E-state index contributed by atoms with van der Waals surface area (Å²) in [5.74, 6) is 0. The van der Waals surface area contributed by atoms with Gasteiger partial charge in [-0.25, -0.2) is 0 Å². The normalized spacial score (nSPS) is 10.1. The highest BCUT2D eigenvalue weighted by molar-refractivity contribution is 9.10. The van der Waals surface area contributed by atoms with Crippen molar-refractivity contribution in [3.63, 3.8) is 0 Å². The molecule has 1 aromatic carbocycles. The van der Waals surface area contributed by atoms with Crippen LogP contribution in [-0.4, -0.2) is 27.8 Å². The van der Waals surface area contributed by atoms with Crippen molar-refractivity contribution in [3.8, 4) is 0 Å². The number of carboxylic acid groups (broad SMARTS) is 1. The van der Waals surface area contributed by atoms with Crippen molar-refractivity contribution in [2.45, 2.75) is 33.2 Å². The van der Waals surface area contributed by atoms with Gasteiger partial charge in [-0.05, 0) is 38.5 Å². The molecule has 20 heavy (non-hydrogen) atoms. The number of benzene rings is 1. The molecule has 0 aliphatic rings. The van der Waals surface area contributed by atoms with Crippen LogP contribution in [0.4, 0.5) is 5.69 Å². The zero-order chi connectivity index (χ0) is 15.1. The molecular formula is C14H18BrN3O2. The first kappa shape index (κ1) is 16.4. The second-order valence-electron chi connectivity index (χ2n) is 4.44. The first-order chi connectivity index (χ1) is 9.53. The number of nitrogens with zero attached hydrogens (tertiary/aromatic N) is 2. The van der Waals surface area contributed by atoms with Crippen LogP contribution in [0, 0.1) is 0 Å². The van der Waals surface area contributed by atoms with Gasteiger partial charge in [0.15, 0.2) is 0 Å². The predicted octanol–water partition coefficient (Wildman–Crippen LogP) is 3.48. The van der Waals surface area contributed by atoms with Gasteiger partial charge in [-0.15, -0.1) is 0 Å². The van der Waals surface area contributed by atoms with Crippen molar-refractivity contribution in [1.82, 2.24) is 10.2 Å². The number of hydrogen-bond acceptors (Lipinski definition) is 4. The summed E-state index contributed by atoms with van der Waals surface area (Å²) in [6, 6.07) is 6.44. The molecule has 5 nitrogen and oxygen atoms in total. The van der Waals surface area contributed by atoms with Gasteiger partial charge in [-0.2, -0.15) is 10.2 Å². The maximum Gasteiger partial charge on any atom is 0.290 e. The van der Waals surface area contributed by atoms with Crippen molar-refractivity contribution in [3.05, 3.63) is 28.4 Å².